The van der Waals surface area contributed by atoms with Gasteiger partial charge in [0.15, 0.2) is 11.0 Å². The van der Waals surface area contributed by atoms with Crippen molar-refractivity contribution in [1.29, 1.82) is 0 Å². The highest BCUT2D eigenvalue weighted by Crippen LogP contribution is 2.40. The van der Waals surface area contributed by atoms with E-state index in [-0.39, 0.29) is 0 Å². The van der Waals surface area contributed by atoms with Crippen LogP contribution in [0.5, 0.6) is 0 Å². The van der Waals surface area contributed by atoms with Crippen LogP contribution in [0.15, 0.2) is 65.9 Å². The molecule has 112 valence electrons. The fourth-order valence-electron chi connectivity index (χ4n) is 2.76. The topological polar surface area (TPSA) is 41.4 Å². The second-order valence-corrected chi connectivity index (χ2v) is 5.60. The van der Waals surface area contributed by atoms with Crippen LogP contribution < -0.4 is 4.90 Å². The lowest BCUT2D eigenvalue weighted by molar-refractivity contribution is 1.08. The first-order chi connectivity index (χ1) is 11.3. The molecular formula is C18H13ClN4. The fraction of sp³-hybridized carbons (Fsp3) is 0.0556. The summed E-state index contributed by atoms with van der Waals surface area (Å²) in [7, 11) is 1.96. The minimum Gasteiger partial charge on any atom is -0.327 e. The lowest BCUT2D eigenvalue weighted by Gasteiger charge is -2.20. The molecule has 0 atom stereocenters. The number of aliphatic imine (C=N–C) groups is 1. The van der Waals surface area contributed by atoms with E-state index in [1.54, 1.807) is 0 Å². The normalized spacial score (nSPS) is 13.0. The number of aromatic nitrogens is 2. The van der Waals surface area contributed by atoms with Gasteiger partial charge < -0.3 is 4.90 Å². The molecule has 3 aromatic rings. The van der Waals surface area contributed by atoms with E-state index >= 15 is 0 Å². The quantitative estimate of drug-likeness (QED) is 0.625. The molecular weight excluding hydrogens is 308 g/mol. The molecule has 23 heavy (non-hydrogen) atoms. The summed E-state index contributed by atoms with van der Waals surface area (Å²) >= 11 is 6.29. The van der Waals surface area contributed by atoms with E-state index in [4.69, 9.17) is 16.6 Å². The first-order valence-electron chi connectivity index (χ1n) is 7.23. The zero-order chi connectivity index (χ0) is 15.8. The third kappa shape index (κ3) is 2.28. The van der Waals surface area contributed by atoms with Gasteiger partial charge in [0.05, 0.1) is 11.4 Å². The lowest BCUT2D eigenvalue weighted by atomic mass is 10.0. The molecule has 4 rings (SSSR count). The Morgan fingerprint density at radius 1 is 0.913 bits per heavy atom. The maximum absolute atomic E-state index is 6.29. The molecule has 0 unspecified atom stereocenters. The van der Waals surface area contributed by atoms with Crippen LogP contribution in [-0.2, 0) is 0 Å². The monoisotopic (exact) mass is 320 g/mol. The van der Waals surface area contributed by atoms with Gasteiger partial charge >= 0.3 is 0 Å². The summed E-state index contributed by atoms with van der Waals surface area (Å²) < 4.78 is 0. The second kappa shape index (κ2) is 5.48. The molecule has 0 bridgehead atoms. The summed E-state index contributed by atoms with van der Waals surface area (Å²) in [5.74, 6) is 0.698. The number of anilines is 2. The Morgan fingerprint density at radius 2 is 1.65 bits per heavy atom. The number of benzene rings is 2. The Balaban J connectivity index is 2.07. The van der Waals surface area contributed by atoms with Crippen molar-refractivity contribution >= 4 is 34.5 Å². The van der Waals surface area contributed by atoms with Gasteiger partial charge in [0.2, 0.25) is 0 Å². The van der Waals surface area contributed by atoms with Crippen molar-refractivity contribution in [3.05, 3.63) is 77.2 Å². The Bertz CT molecular complexity index is 906. The Morgan fingerprint density at radius 3 is 2.48 bits per heavy atom. The molecule has 0 aliphatic carbocycles. The highest BCUT2D eigenvalue weighted by Gasteiger charge is 2.24. The van der Waals surface area contributed by atoms with Gasteiger partial charge in [0, 0.05) is 18.2 Å². The summed E-state index contributed by atoms with van der Waals surface area (Å²) in [5, 5.41) is 0.350. The van der Waals surface area contributed by atoms with Crippen LogP contribution in [0.4, 0.5) is 17.2 Å². The summed E-state index contributed by atoms with van der Waals surface area (Å²) in [6.45, 7) is 0. The molecule has 0 radical (unpaired) electrons. The van der Waals surface area contributed by atoms with E-state index in [1.807, 2.05) is 54.4 Å². The van der Waals surface area contributed by atoms with Crippen LogP contribution in [0.25, 0.3) is 0 Å². The molecule has 0 spiro atoms. The van der Waals surface area contributed by atoms with Gasteiger partial charge in [-0.25, -0.2) is 15.0 Å². The summed E-state index contributed by atoms with van der Waals surface area (Å²) in [6.07, 6.45) is 1.46. The molecule has 2 aromatic carbocycles. The highest BCUT2D eigenvalue weighted by atomic mass is 35.5. The van der Waals surface area contributed by atoms with Gasteiger partial charge in [-0.3, -0.25) is 0 Å². The van der Waals surface area contributed by atoms with Crippen molar-refractivity contribution in [2.45, 2.75) is 0 Å². The third-order valence-electron chi connectivity index (χ3n) is 3.87. The molecule has 4 nitrogen and oxygen atoms in total. The Kier molecular flexibility index (Phi) is 3.32. The number of halogens is 1. The SMILES string of the molecule is CN1c2ccccc2C(c2ccccc2)=Nc2c(Cl)ncnc21. The third-order valence-corrected chi connectivity index (χ3v) is 4.14. The van der Waals surface area contributed by atoms with E-state index in [0.29, 0.717) is 16.7 Å². The molecule has 1 aromatic heterocycles. The number of rotatable bonds is 1. The van der Waals surface area contributed by atoms with E-state index in [1.165, 1.54) is 6.33 Å². The molecule has 0 N–H and O–H groups in total. The first kappa shape index (κ1) is 13.9. The zero-order valence-electron chi connectivity index (χ0n) is 12.4. The van der Waals surface area contributed by atoms with Gasteiger partial charge in [-0.05, 0) is 6.07 Å². The number of hydrogen-bond donors (Lipinski definition) is 0. The molecule has 0 saturated heterocycles. The average molecular weight is 321 g/mol. The number of fused-ring (bicyclic) bond motifs is 2. The standard InChI is InChI=1S/C18H13ClN4/c1-23-14-10-6-5-9-13(14)15(12-7-3-2-4-8-12)22-16-17(19)20-11-21-18(16)23/h2-11H,1H3. The Labute approximate surface area is 139 Å². The molecule has 0 amide bonds. The molecule has 1 aliphatic rings. The van der Waals surface area contributed by atoms with Crippen molar-refractivity contribution in [2.75, 3.05) is 11.9 Å². The van der Waals surface area contributed by atoms with Gasteiger partial charge in [0.1, 0.15) is 12.0 Å². The van der Waals surface area contributed by atoms with Crippen molar-refractivity contribution < 1.29 is 0 Å². The van der Waals surface area contributed by atoms with Crippen LogP contribution >= 0.6 is 11.6 Å². The summed E-state index contributed by atoms with van der Waals surface area (Å²) in [5.41, 5.74) is 4.55. The largest absolute Gasteiger partial charge is 0.327 e. The van der Waals surface area contributed by atoms with Crippen molar-refractivity contribution in [1.82, 2.24) is 9.97 Å². The maximum atomic E-state index is 6.29. The molecule has 5 heteroatoms. The summed E-state index contributed by atoms with van der Waals surface area (Å²) in [4.78, 5) is 15.3. The van der Waals surface area contributed by atoms with Crippen molar-refractivity contribution in [2.24, 2.45) is 4.99 Å². The van der Waals surface area contributed by atoms with E-state index in [2.05, 4.69) is 22.1 Å². The second-order valence-electron chi connectivity index (χ2n) is 5.24. The Hall–Kier alpha value is -2.72. The fourth-order valence-corrected chi connectivity index (χ4v) is 2.93. The van der Waals surface area contributed by atoms with Crippen molar-refractivity contribution in [3.8, 4) is 0 Å². The van der Waals surface area contributed by atoms with Crippen LogP contribution in [0, 0.1) is 0 Å². The predicted molar refractivity (Wildman–Crippen MR) is 93.3 cm³/mol. The molecule has 2 heterocycles. The lowest BCUT2D eigenvalue weighted by Crippen LogP contribution is -2.14. The van der Waals surface area contributed by atoms with E-state index in [9.17, 15) is 0 Å². The smallest absolute Gasteiger partial charge is 0.163 e. The average Bonchev–Trinajstić information content (AvgIpc) is 2.73. The number of nitrogens with zero attached hydrogens (tertiary/aromatic N) is 4. The maximum Gasteiger partial charge on any atom is 0.163 e. The number of para-hydroxylation sites is 1. The zero-order valence-corrected chi connectivity index (χ0v) is 13.2. The number of hydrogen-bond acceptors (Lipinski definition) is 4. The van der Waals surface area contributed by atoms with Crippen LogP contribution in [0.3, 0.4) is 0 Å². The van der Waals surface area contributed by atoms with E-state index in [0.717, 1.165) is 22.5 Å². The molecule has 1 aliphatic heterocycles. The highest BCUT2D eigenvalue weighted by molar-refractivity contribution is 6.33. The van der Waals surface area contributed by atoms with Gasteiger partial charge in [-0.1, -0.05) is 60.1 Å². The van der Waals surface area contributed by atoms with E-state index < -0.39 is 0 Å². The minimum absolute atomic E-state index is 0.350. The van der Waals surface area contributed by atoms with Gasteiger partial charge in [-0.15, -0.1) is 0 Å². The minimum atomic E-state index is 0.350. The predicted octanol–water partition coefficient (Wildman–Crippen LogP) is 4.38. The molecule has 0 fully saturated rings. The van der Waals surface area contributed by atoms with Crippen LogP contribution in [0.1, 0.15) is 11.1 Å². The van der Waals surface area contributed by atoms with Crippen LogP contribution in [-0.4, -0.2) is 22.7 Å². The summed E-state index contributed by atoms with van der Waals surface area (Å²) in [6, 6.07) is 18.2. The van der Waals surface area contributed by atoms with Gasteiger partial charge in [-0.2, -0.15) is 0 Å². The van der Waals surface area contributed by atoms with Crippen LogP contribution in [0.2, 0.25) is 5.15 Å². The van der Waals surface area contributed by atoms with Gasteiger partial charge in [0.25, 0.3) is 0 Å². The van der Waals surface area contributed by atoms with Crippen molar-refractivity contribution in [3.63, 3.8) is 0 Å². The first-order valence-corrected chi connectivity index (χ1v) is 7.61. The molecule has 0 saturated carbocycles.